The Kier molecular flexibility index (Phi) is 46.2. The average Bonchev–Trinajstić information content (AvgIpc) is 1.48. The third-order valence-electron chi connectivity index (χ3n) is 24.7. The van der Waals surface area contributed by atoms with Crippen LogP contribution in [0.3, 0.4) is 0 Å². The highest BCUT2D eigenvalue weighted by Crippen LogP contribution is 2.59. The monoisotopic (exact) mass is 1940 g/mol. The molecular weight excluding hydrogens is 1780 g/mol. The van der Waals surface area contributed by atoms with Crippen LogP contribution in [0, 0.1) is 83.1 Å². The summed E-state index contributed by atoms with van der Waals surface area (Å²) in [6, 6.07) is 65.0. The van der Waals surface area contributed by atoms with Crippen LogP contribution in [-0.4, -0.2) is 82.5 Å². The molecule has 2 aromatic heterocycles. The quantitative estimate of drug-likeness (QED) is 0.0371. The molecule has 14 rings (SSSR count). The number of aryl methyl sites for hydroxylation is 12. The predicted octanol–water partition coefficient (Wildman–Crippen LogP) is 19.8. The van der Waals surface area contributed by atoms with E-state index in [0.717, 1.165) is 26.2 Å². The van der Waals surface area contributed by atoms with Gasteiger partial charge in [-0.2, -0.15) is 0 Å². The highest BCUT2D eigenvalue weighted by Gasteiger charge is 2.38. The molecule has 0 N–H and O–H groups in total. The van der Waals surface area contributed by atoms with E-state index in [1.165, 1.54) is 173 Å². The van der Waals surface area contributed by atoms with Gasteiger partial charge in [0.2, 0.25) is 12.7 Å². The van der Waals surface area contributed by atoms with Gasteiger partial charge in [-0.15, -0.1) is 0 Å². The number of para-hydroxylation sites is 4. The summed E-state index contributed by atoms with van der Waals surface area (Å²) in [7, 11) is -7.62. The van der Waals surface area contributed by atoms with E-state index in [1.54, 1.807) is 0 Å². The Morgan fingerprint density at radius 2 is 0.577 bits per heavy atom. The maximum absolute atomic E-state index is 9.67. The highest BCUT2D eigenvalue weighted by atomic mass is 35.5. The number of imidazole rings is 2. The Hall–Kier alpha value is -9.86. The molecule has 0 fully saturated rings. The van der Waals surface area contributed by atoms with Gasteiger partial charge >= 0.3 is 15.1 Å². The second-order valence-electron chi connectivity index (χ2n) is 40.9. The van der Waals surface area contributed by atoms with E-state index in [9.17, 15) is 25.9 Å². The van der Waals surface area contributed by atoms with Crippen LogP contribution in [0.15, 0.2) is 213 Å². The summed E-state index contributed by atoms with van der Waals surface area (Å²) in [6.45, 7) is 81.4. The zero-order valence-corrected chi connectivity index (χ0v) is 90.7. The molecule has 0 radical (unpaired) electrons. The smallest absolute Gasteiger partial charge is 0.762 e. The minimum Gasteiger partial charge on any atom is -1.00 e. The second kappa shape index (κ2) is 53.0. The topological polar surface area (TPSA) is 30.1 Å². The van der Waals surface area contributed by atoms with E-state index >= 15 is 0 Å². The van der Waals surface area contributed by atoms with Crippen LogP contribution in [-0.2, 0) is 0 Å². The minimum absolute atomic E-state index is 0. The number of anilines is 2. The Balaban J connectivity index is 0.000000349. The van der Waals surface area contributed by atoms with Gasteiger partial charge in [0.1, 0.15) is 96.5 Å². The van der Waals surface area contributed by atoms with Crippen molar-refractivity contribution in [1.82, 2.24) is 9.13 Å². The molecule has 0 unspecified atom stereocenters. The zero-order valence-electron chi connectivity index (χ0n) is 88.3. The Morgan fingerprint density at radius 1 is 0.307 bits per heavy atom. The fraction of sp³-hybridized carbons (Fsp3) is 0.414. The van der Waals surface area contributed by atoms with Gasteiger partial charge in [-0.05, 0) is 202 Å². The van der Waals surface area contributed by atoms with Crippen molar-refractivity contribution >= 4 is 63.7 Å². The number of halogens is 10. The van der Waals surface area contributed by atoms with Crippen molar-refractivity contribution in [2.75, 3.05) is 36.0 Å². The van der Waals surface area contributed by atoms with Crippen LogP contribution in [0.5, 0.6) is 0 Å². The van der Waals surface area contributed by atoms with Crippen molar-refractivity contribution in [2.45, 2.75) is 293 Å². The lowest BCUT2D eigenvalue weighted by atomic mass is 9.92. The van der Waals surface area contributed by atoms with Crippen molar-refractivity contribution in [2.24, 2.45) is 0 Å². The predicted molar refractivity (Wildman–Crippen MR) is 562 cm³/mol. The van der Waals surface area contributed by atoms with Gasteiger partial charge in [0.05, 0.1) is 0 Å². The highest BCUT2D eigenvalue weighted by molar-refractivity contribution is 7.68. The maximum atomic E-state index is 9.67. The molecule has 8 nitrogen and oxygen atoms in total. The number of benzene rings is 10. The van der Waals surface area contributed by atoms with Crippen LogP contribution < -0.4 is 58.5 Å². The summed E-state index contributed by atoms with van der Waals surface area (Å²) in [5.41, 5.74) is 40.9. The fourth-order valence-electron chi connectivity index (χ4n) is 19.9. The molecule has 21 heteroatoms. The first-order valence-electron chi connectivity index (χ1n) is 47.9. The van der Waals surface area contributed by atoms with Gasteiger partial charge in [0.15, 0.2) is 0 Å². The summed E-state index contributed by atoms with van der Waals surface area (Å²) in [5.74, 6) is 3.98. The van der Waals surface area contributed by atoms with Crippen LogP contribution in [0.2, 0.25) is 0 Å². The number of nitrogens with zero attached hydrogens (tertiary/aromatic N) is 8. The van der Waals surface area contributed by atoms with E-state index in [4.69, 9.17) is 0 Å². The minimum atomic E-state index is -3.67. The lowest BCUT2D eigenvalue weighted by molar-refractivity contribution is -0.596. The van der Waals surface area contributed by atoms with E-state index in [-0.39, 0.29) is 42.1 Å². The molecule has 0 bridgehead atoms. The first-order valence-corrected chi connectivity index (χ1v) is 49.3. The van der Waals surface area contributed by atoms with Crippen molar-refractivity contribution < 1.29 is 78.4 Å². The summed E-state index contributed by atoms with van der Waals surface area (Å²) >= 11 is 0. The summed E-state index contributed by atoms with van der Waals surface area (Å²) < 4.78 is 72.0. The van der Waals surface area contributed by atoms with Crippen molar-refractivity contribution in [3.05, 3.63) is 325 Å². The van der Waals surface area contributed by atoms with E-state index < -0.39 is 15.1 Å². The Labute approximate surface area is 833 Å². The third kappa shape index (κ3) is 31.3. The summed E-state index contributed by atoms with van der Waals surface area (Å²) in [4.78, 5) is 4.91. The van der Waals surface area contributed by atoms with E-state index in [2.05, 4.69) is 499 Å². The molecule has 137 heavy (non-hydrogen) atoms. The molecule has 0 aliphatic carbocycles. The Morgan fingerprint density at radius 3 is 0.920 bits per heavy atom. The van der Waals surface area contributed by atoms with Gasteiger partial charge < -0.3 is 34.2 Å². The second-order valence-corrected chi connectivity index (χ2v) is 44.7. The normalized spacial score (nSPS) is 12.2. The van der Waals surface area contributed by atoms with Crippen LogP contribution in [0.1, 0.15) is 311 Å². The van der Waals surface area contributed by atoms with Gasteiger partial charge in [0.25, 0.3) is 12.7 Å². The molecule has 0 spiro atoms. The largest absolute Gasteiger partial charge is 1.00 e. The van der Waals surface area contributed by atoms with Crippen LogP contribution >= 0.6 is 7.92 Å². The number of aromatic nitrogens is 4. The van der Waals surface area contributed by atoms with Crippen molar-refractivity contribution in [3.8, 4) is 33.9 Å². The average molecular weight is 1940 g/mol. The number of hydrogen-bond acceptors (Lipinski definition) is 2. The zero-order chi connectivity index (χ0) is 98.9. The van der Waals surface area contributed by atoms with Gasteiger partial charge in [-0.25, -0.2) is 37.2 Å². The lowest BCUT2D eigenvalue weighted by Crippen LogP contribution is -3.00. The molecule has 2 aliphatic rings. The fourth-order valence-corrected chi connectivity index (χ4v) is 24.0. The number of rotatable bonds is 18. The van der Waals surface area contributed by atoms with E-state index in [1.807, 2.05) is 0 Å². The molecule has 12 aromatic rings. The van der Waals surface area contributed by atoms with Crippen molar-refractivity contribution in [3.63, 3.8) is 0 Å². The molecule has 10 aromatic carbocycles. The molecule has 0 atom stereocenters. The summed E-state index contributed by atoms with van der Waals surface area (Å²) in [5, 5.41) is 2.11. The van der Waals surface area contributed by atoms with E-state index in [0.29, 0.717) is 57.7 Å². The maximum Gasteiger partial charge on any atom is 0.762 e. The molecule has 4 heterocycles. The SMILES string of the molecule is CC(C)(C)P(c1ccccc1-c1ccccc1)C(C)(C)C.CC(C)c1cccc(C(C)C)c1-n1cc[n+](-c2c(C(C)C)cccc2C(C)C)c1.CC(C)c1cccc(C(C)C)c1N1C=[N+](c2c(C(C)C)cccc2C(C)C)CC1.Cc1cc(C)c(-n2cc[n+](-c3c(C)cc(C)cc3C)c2)c(C)c1.Cc1cc(C)c(N2C=[N+](c3c(C)cc(C)cc3C)CC2)c(C)c1.FB(F)F.FB(F)F.[Cl-].[Cl-].[F-].[F-]. The van der Waals surface area contributed by atoms with Gasteiger partial charge in [-0.3, -0.25) is 25.9 Å². The molecule has 0 saturated heterocycles. The van der Waals surface area contributed by atoms with Gasteiger partial charge in [0, 0.05) is 44.5 Å². The Bertz CT molecular complexity index is 5590. The molecule has 740 valence electrons. The van der Waals surface area contributed by atoms with Crippen LogP contribution in [0.25, 0.3) is 33.9 Å². The third-order valence-corrected chi connectivity index (χ3v) is 28.2. The van der Waals surface area contributed by atoms with Crippen LogP contribution in [0.4, 0.5) is 48.6 Å². The standard InChI is InChI=1S/C27H39N2.C27H37N2.C21H27N2.C21H25N2.C20H27P.2BF3.2ClH.2FH/c2*1-18(2)22-11-9-12-23(19(3)4)26(22)28-15-16-29(17-28)27-24(20(5)6)13-10-14-25(27)21(7)8;2*1-14-9-16(3)20(17(4)10-14)22-7-8-23(13-22)21-18(5)11-15(2)12-19(21)6;1-19(2,3)21(20(4,5)6)18-15-11-10-14-17(18)16-12-8-7-9-13-16;2*2-1(3)4;;;;/h9-14,17-21H,15-16H2,1-8H3;9-21H,1-8H3;9-13H,7-8H2,1-6H3;7-13H,1-6H3;7-15H,1-6H3;;;4*1H/q4*+1;;;;;;;/p-4. The number of hydrogen-bond donors (Lipinski definition) is 0. The van der Waals surface area contributed by atoms with Gasteiger partial charge in [-0.1, -0.05) is 358 Å². The molecular formula is C116H155B2Cl2F8N8P. The lowest BCUT2D eigenvalue weighted by Gasteiger charge is -2.42. The molecule has 0 amide bonds. The molecule has 2 aliphatic heterocycles. The molecule has 0 saturated carbocycles. The first-order chi connectivity index (χ1) is 62.3. The first kappa shape index (κ1) is 119. The summed E-state index contributed by atoms with van der Waals surface area (Å²) in [6.07, 6.45) is 17.8. The van der Waals surface area contributed by atoms with Crippen molar-refractivity contribution in [1.29, 1.82) is 0 Å².